The first-order valence-electron chi connectivity index (χ1n) is 9.65. The number of aromatic nitrogens is 2. The second-order valence-electron chi connectivity index (χ2n) is 7.14. The number of piperidine rings is 1. The zero-order chi connectivity index (χ0) is 18.4. The van der Waals surface area contributed by atoms with Gasteiger partial charge in [-0.25, -0.2) is 0 Å². The van der Waals surface area contributed by atoms with Crippen molar-refractivity contribution >= 4 is 5.91 Å². The summed E-state index contributed by atoms with van der Waals surface area (Å²) >= 11 is 0. The van der Waals surface area contributed by atoms with Gasteiger partial charge in [0.25, 0.3) is 0 Å². The Balaban J connectivity index is 1.50. The van der Waals surface area contributed by atoms with E-state index in [1.54, 1.807) is 0 Å². The molecule has 0 unspecified atom stereocenters. The minimum atomic E-state index is 0.247. The first-order valence-corrected chi connectivity index (χ1v) is 9.65. The molecule has 0 radical (unpaired) electrons. The molecule has 26 heavy (non-hydrogen) atoms. The average molecular weight is 357 g/mol. The van der Waals surface area contributed by atoms with Crippen LogP contribution in [0.1, 0.15) is 55.9 Å². The Kier molecular flexibility index (Phi) is 6.39. The van der Waals surface area contributed by atoms with Crippen molar-refractivity contribution in [1.29, 1.82) is 0 Å². The topological polar surface area (TPSA) is 86.9 Å². The van der Waals surface area contributed by atoms with Crippen LogP contribution in [0.3, 0.4) is 0 Å². The largest absolute Gasteiger partial charge is 0.358 e. The fraction of sp³-hybridized carbons (Fsp3) is 0.550. The lowest BCUT2D eigenvalue weighted by Gasteiger charge is -2.30. The first kappa shape index (κ1) is 18.6. The molecule has 1 aliphatic heterocycles. The Hall–Kier alpha value is -2.21. The second kappa shape index (κ2) is 8.94. The first-order chi connectivity index (χ1) is 12.7. The monoisotopic (exact) mass is 357 g/mol. The van der Waals surface area contributed by atoms with Crippen LogP contribution in [0.5, 0.6) is 0 Å². The van der Waals surface area contributed by atoms with Crippen LogP contribution in [0.15, 0.2) is 28.8 Å². The quantitative estimate of drug-likeness (QED) is 0.772. The molecule has 2 aromatic rings. The molecule has 1 aromatic heterocycles. The molecule has 0 saturated carbocycles. The number of benzene rings is 1. The number of amides is 1. The Morgan fingerprint density at radius 2 is 1.92 bits per heavy atom. The highest BCUT2D eigenvalue weighted by Crippen LogP contribution is 2.29. The zero-order valence-electron chi connectivity index (χ0n) is 15.6. The van der Waals surface area contributed by atoms with Crippen LogP contribution in [0, 0.1) is 6.92 Å². The maximum absolute atomic E-state index is 12.3. The third-order valence-electron chi connectivity index (χ3n) is 5.09. The minimum Gasteiger partial charge on any atom is -0.358 e. The smallest absolute Gasteiger partial charge is 0.230 e. The van der Waals surface area contributed by atoms with Gasteiger partial charge in [0.1, 0.15) is 0 Å². The van der Waals surface area contributed by atoms with Gasteiger partial charge >= 0.3 is 0 Å². The summed E-state index contributed by atoms with van der Waals surface area (Å²) in [5, 5.41) is 4.13. The number of nitrogens with zero attached hydrogens (tertiary/aromatic N) is 3. The predicted molar refractivity (Wildman–Crippen MR) is 99.2 cm³/mol. The van der Waals surface area contributed by atoms with Gasteiger partial charge in [0, 0.05) is 31.0 Å². The van der Waals surface area contributed by atoms with Crippen molar-refractivity contribution in [3.8, 4) is 11.4 Å². The summed E-state index contributed by atoms with van der Waals surface area (Å²) in [6, 6.07) is 8.12. The highest BCUT2D eigenvalue weighted by atomic mass is 16.5. The van der Waals surface area contributed by atoms with E-state index in [1.165, 1.54) is 5.56 Å². The van der Waals surface area contributed by atoms with Crippen LogP contribution in [0.2, 0.25) is 0 Å². The maximum atomic E-state index is 12.3. The number of hydrogen-bond donors (Lipinski definition) is 1. The molecule has 1 amide bonds. The molecule has 1 aliphatic rings. The number of unbranched alkanes of at least 4 members (excludes halogenated alkanes) is 2. The molecule has 2 heterocycles. The Labute approximate surface area is 154 Å². The third-order valence-corrected chi connectivity index (χ3v) is 5.09. The number of aryl methyl sites for hydroxylation is 1. The van der Waals surface area contributed by atoms with E-state index in [0.29, 0.717) is 18.1 Å². The number of carbonyl (C=O) groups is 1. The van der Waals surface area contributed by atoms with Gasteiger partial charge in [-0.15, -0.1) is 0 Å². The molecule has 1 aromatic carbocycles. The van der Waals surface area contributed by atoms with Crippen molar-refractivity contribution in [2.24, 2.45) is 0 Å². The van der Waals surface area contributed by atoms with Gasteiger partial charge in [-0.2, -0.15) is 4.98 Å². The fourth-order valence-electron chi connectivity index (χ4n) is 3.38. The van der Waals surface area contributed by atoms with E-state index in [0.717, 1.165) is 57.3 Å². The van der Waals surface area contributed by atoms with Crippen LogP contribution in [-0.4, -0.2) is 40.6 Å². The second-order valence-corrected chi connectivity index (χ2v) is 7.14. The van der Waals surface area contributed by atoms with E-state index >= 15 is 0 Å². The molecule has 140 valence electrons. The van der Waals surface area contributed by atoms with Crippen molar-refractivity contribution in [3.63, 3.8) is 0 Å². The number of hydrogen-bond acceptors (Lipinski definition) is 4. The van der Waals surface area contributed by atoms with Crippen LogP contribution < -0.4 is 5.73 Å². The van der Waals surface area contributed by atoms with Gasteiger partial charge in [0.15, 0.2) is 0 Å². The maximum Gasteiger partial charge on any atom is 0.230 e. The number of likely N-dealkylation sites (tertiary alicyclic amines) is 1. The molecule has 1 fully saturated rings. The Morgan fingerprint density at radius 3 is 2.62 bits per heavy atom. The molecule has 6 heteroatoms. The lowest BCUT2D eigenvalue weighted by molar-refractivity contribution is -0.368. The van der Waals surface area contributed by atoms with Gasteiger partial charge in [0.2, 0.25) is 17.6 Å². The summed E-state index contributed by atoms with van der Waals surface area (Å²) in [6.07, 6.45) is 5.60. The molecule has 0 atom stereocenters. The zero-order valence-corrected chi connectivity index (χ0v) is 15.6. The highest BCUT2D eigenvalue weighted by Gasteiger charge is 2.27. The minimum absolute atomic E-state index is 0.247. The molecule has 6 nitrogen and oxygen atoms in total. The van der Waals surface area contributed by atoms with Crippen molar-refractivity contribution in [1.82, 2.24) is 15.0 Å². The van der Waals surface area contributed by atoms with Crippen molar-refractivity contribution < 1.29 is 15.1 Å². The summed E-state index contributed by atoms with van der Waals surface area (Å²) in [7, 11) is 0. The molecule has 0 spiro atoms. The van der Waals surface area contributed by atoms with Crippen molar-refractivity contribution in [2.75, 3.05) is 19.6 Å². The standard InChI is InChI=1S/C20H28N4O2/c1-15-6-8-16(9-7-15)19-22-20(26-23-19)17-10-13-24(14-11-17)18(25)5-3-2-4-12-21/h6-9,17H,2-5,10-14,21H2,1H3/p+1. The van der Waals surface area contributed by atoms with E-state index in [4.69, 9.17) is 4.52 Å². The molecular weight excluding hydrogens is 328 g/mol. The van der Waals surface area contributed by atoms with E-state index in [1.807, 2.05) is 29.2 Å². The van der Waals surface area contributed by atoms with Crippen LogP contribution in [-0.2, 0) is 4.79 Å². The fourth-order valence-corrected chi connectivity index (χ4v) is 3.38. The van der Waals surface area contributed by atoms with E-state index in [2.05, 4.69) is 22.8 Å². The number of rotatable bonds is 7. The highest BCUT2D eigenvalue weighted by molar-refractivity contribution is 5.76. The summed E-state index contributed by atoms with van der Waals surface area (Å²) in [5.74, 6) is 1.86. The average Bonchev–Trinajstić information content (AvgIpc) is 3.16. The third kappa shape index (κ3) is 4.69. The van der Waals surface area contributed by atoms with Crippen molar-refractivity contribution in [2.45, 2.75) is 51.4 Å². The van der Waals surface area contributed by atoms with E-state index in [-0.39, 0.29) is 11.8 Å². The number of carbonyl (C=O) groups excluding carboxylic acids is 1. The summed E-state index contributed by atoms with van der Waals surface area (Å²) in [6.45, 7) is 4.57. The molecule has 3 N–H and O–H groups in total. The van der Waals surface area contributed by atoms with Gasteiger partial charge in [-0.1, -0.05) is 35.0 Å². The van der Waals surface area contributed by atoms with E-state index < -0.39 is 0 Å². The normalized spacial score (nSPS) is 15.4. The van der Waals surface area contributed by atoms with E-state index in [9.17, 15) is 4.79 Å². The SMILES string of the molecule is Cc1ccc(-c2noc(C3CCN(C(=O)CCCCC[NH3+])CC3)n2)cc1. The molecule has 1 saturated heterocycles. The van der Waals surface area contributed by atoms with Gasteiger partial charge in [0.05, 0.1) is 6.54 Å². The van der Waals surface area contributed by atoms with Crippen LogP contribution >= 0.6 is 0 Å². The summed E-state index contributed by atoms with van der Waals surface area (Å²) < 4.78 is 5.51. The summed E-state index contributed by atoms with van der Waals surface area (Å²) in [4.78, 5) is 18.9. The molecule has 0 aliphatic carbocycles. The van der Waals surface area contributed by atoms with Crippen LogP contribution in [0.4, 0.5) is 0 Å². The molecule has 3 rings (SSSR count). The van der Waals surface area contributed by atoms with Gasteiger partial charge in [-0.3, -0.25) is 4.79 Å². The van der Waals surface area contributed by atoms with Crippen LogP contribution in [0.25, 0.3) is 11.4 Å². The van der Waals surface area contributed by atoms with Gasteiger partial charge < -0.3 is 15.2 Å². The van der Waals surface area contributed by atoms with Crippen molar-refractivity contribution in [3.05, 3.63) is 35.7 Å². The number of quaternary nitrogens is 1. The lowest BCUT2D eigenvalue weighted by atomic mass is 9.96. The van der Waals surface area contributed by atoms with Gasteiger partial charge in [-0.05, 0) is 39.0 Å². The Bertz CT molecular complexity index is 703. The molecule has 0 bridgehead atoms. The summed E-state index contributed by atoms with van der Waals surface area (Å²) in [5.41, 5.74) is 6.02. The Morgan fingerprint density at radius 1 is 1.19 bits per heavy atom. The lowest BCUT2D eigenvalue weighted by Crippen LogP contribution is -2.50. The predicted octanol–water partition coefficient (Wildman–Crippen LogP) is 2.55. The molecular formula is C20H29N4O2+.